The average molecular weight is 328 g/mol. The fourth-order valence-electron chi connectivity index (χ4n) is 2.61. The third kappa shape index (κ3) is 2.40. The molecular weight excluding hydrogens is 311 g/mol. The van der Waals surface area contributed by atoms with Gasteiger partial charge in [0.1, 0.15) is 0 Å². The van der Waals surface area contributed by atoms with Crippen LogP contribution in [0.15, 0.2) is 36.9 Å². The summed E-state index contributed by atoms with van der Waals surface area (Å²) < 4.78 is 2.16. The number of aromatic amines is 1. The Labute approximate surface area is 127 Å². The minimum absolute atomic E-state index is 0.613. The number of pyridine rings is 1. The van der Waals surface area contributed by atoms with Crippen LogP contribution in [0, 0.1) is 0 Å². The molecule has 0 fully saturated rings. The van der Waals surface area contributed by atoms with Gasteiger partial charge in [0, 0.05) is 0 Å². The molecule has 1 N–H and O–H groups in total. The van der Waals surface area contributed by atoms with Gasteiger partial charge in [-0.25, -0.2) is 0 Å². The first-order valence-corrected chi connectivity index (χ1v) is 8.23. The van der Waals surface area contributed by atoms with E-state index in [2.05, 4.69) is 61.7 Å². The number of H-pyrrole nitrogens is 1. The molecule has 0 spiro atoms. The average Bonchev–Trinajstić information content (AvgIpc) is 3.12. The maximum absolute atomic E-state index is 4.47. The van der Waals surface area contributed by atoms with Crippen molar-refractivity contribution in [2.45, 2.75) is 30.9 Å². The number of aromatic nitrogens is 4. The molecule has 0 aromatic carbocycles. The van der Waals surface area contributed by atoms with Crippen molar-refractivity contribution in [3.05, 3.63) is 42.5 Å². The van der Waals surface area contributed by atoms with Gasteiger partial charge in [-0.2, -0.15) is 0 Å². The van der Waals surface area contributed by atoms with Gasteiger partial charge in [0.25, 0.3) is 0 Å². The third-order valence-corrected chi connectivity index (χ3v) is 4.31. The number of hydrogen-bond acceptors (Lipinski definition) is 2. The zero-order valence-electron chi connectivity index (χ0n) is 11.5. The fraction of sp³-hybridized carbons (Fsp3) is 0.333. The number of imidazole rings is 1. The van der Waals surface area contributed by atoms with E-state index in [4.69, 9.17) is 0 Å². The molecule has 0 aliphatic carbocycles. The summed E-state index contributed by atoms with van der Waals surface area (Å²) in [5.74, 6) is 0.613. The first-order valence-electron chi connectivity index (χ1n) is 6.90. The van der Waals surface area contributed by atoms with Crippen molar-refractivity contribution in [3.63, 3.8) is 0 Å². The normalized spacial score (nSPS) is 12.9. The monoisotopic (exact) mass is 328 g/mol. The quantitative estimate of drug-likeness (QED) is 0.731. The Balaban J connectivity index is 2.07. The Hall–Kier alpha value is -1.54. The van der Waals surface area contributed by atoms with E-state index in [1.807, 2.05) is 18.6 Å². The summed E-state index contributed by atoms with van der Waals surface area (Å²) >= 11 is 2.68. The molecule has 1 unspecified atom stereocenters. The number of hydrogen-bond donors (Lipinski definition) is 1. The predicted octanol–water partition coefficient (Wildman–Crippen LogP) is 3.19. The summed E-state index contributed by atoms with van der Waals surface area (Å²) in [5.41, 5.74) is 4.51. The topological polar surface area (TPSA) is 46.0 Å². The summed E-state index contributed by atoms with van der Waals surface area (Å²) in [6.07, 6.45) is 10.2. The number of rotatable bonds is 5. The van der Waals surface area contributed by atoms with Crippen molar-refractivity contribution in [2.24, 2.45) is 0 Å². The third-order valence-electron chi connectivity index (χ3n) is 3.76. The SMILES string of the molecule is CCC(CC[As])c1ccc2ncc(-c3cn[nH]c3)n2c1. The van der Waals surface area contributed by atoms with Gasteiger partial charge in [-0.05, 0) is 0 Å². The van der Waals surface area contributed by atoms with Crippen LogP contribution in [-0.2, 0) is 0 Å². The first kappa shape index (κ1) is 13.4. The maximum atomic E-state index is 4.47. The predicted molar refractivity (Wildman–Crippen MR) is 81.0 cm³/mol. The Morgan fingerprint density at radius 1 is 1.35 bits per heavy atom. The van der Waals surface area contributed by atoms with E-state index in [0.717, 1.165) is 22.1 Å². The second-order valence-corrected chi connectivity index (χ2v) is 5.88. The van der Waals surface area contributed by atoms with Gasteiger partial charge in [-0.3, -0.25) is 0 Å². The van der Waals surface area contributed by atoms with Crippen LogP contribution in [0.25, 0.3) is 16.9 Å². The second-order valence-electron chi connectivity index (χ2n) is 4.94. The molecule has 0 saturated heterocycles. The molecule has 3 heterocycles. The molecule has 2 radical (unpaired) electrons. The molecule has 0 aliphatic heterocycles. The molecule has 0 aliphatic rings. The molecule has 3 aromatic rings. The molecule has 1 atom stereocenters. The van der Waals surface area contributed by atoms with Crippen LogP contribution < -0.4 is 0 Å². The van der Waals surface area contributed by atoms with E-state index >= 15 is 0 Å². The second kappa shape index (κ2) is 5.84. The van der Waals surface area contributed by atoms with Crippen LogP contribution in [0.1, 0.15) is 31.2 Å². The summed E-state index contributed by atoms with van der Waals surface area (Å²) in [6, 6.07) is 4.31. The van der Waals surface area contributed by atoms with E-state index < -0.39 is 0 Å². The van der Waals surface area contributed by atoms with E-state index in [9.17, 15) is 0 Å². The van der Waals surface area contributed by atoms with Gasteiger partial charge in [-0.15, -0.1) is 0 Å². The van der Waals surface area contributed by atoms with Gasteiger partial charge >= 0.3 is 127 Å². The van der Waals surface area contributed by atoms with Crippen molar-refractivity contribution in [1.29, 1.82) is 0 Å². The first-order chi connectivity index (χ1) is 9.83. The molecule has 5 heteroatoms. The zero-order chi connectivity index (χ0) is 13.9. The zero-order valence-corrected chi connectivity index (χ0v) is 13.3. The summed E-state index contributed by atoms with van der Waals surface area (Å²) in [7, 11) is 0. The van der Waals surface area contributed by atoms with Gasteiger partial charge in [0.05, 0.1) is 0 Å². The van der Waals surface area contributed by atoms with Gasteiger partial charge in [0.15, 0.2) is 0 Å². The fourth-order valence-corrected chi connectivity index (χ4v) is 3.26. The summed E-state index contributed by atoms with van der Waals surface area (Å²) in [4.78, 5) is 4.47. The van der Waals surface area contributed by atoms with Gasteiger partial charge in [-0.1, -0.05) is 0 Å². The van der Waals surface area contributed by atoms with Crippen molar-refractivity contribution in [2.75, 3.05) is 0 Å². The van der Waals surface area contributed by atoms with Crippen LogP contribution in [0.3, 0.4) is 0 Å². The molecule has 20 heavy (non-hydrogen) atoms. The Bertz CT molecular complexity index is 687. The van der Waals surface area contributed by atoms with Crippen LogP contribution in [0.4, 0.5) is 0 Å². The molecule has 0 saturated carbocycles. The van der Waals surface area contributed by atoms with E-state index in [1.54, 1.807) is 0 Å². The van der Waals surface area contributed by atoms with Crippen LogP contribution in [0.5, 0.6) is 0 Å². The molecule has 3 rings (SSSR count). The molecule has 102 valence electrons. The van der Waals surface area contributed by atoms with Crippen LogP contribution in [-0.4, -0.2) is 36.4 Å². The summed E-state index contributed by atoms with van der Waals surface area (Å²) in [5, 5.41) is 8.03. The molecule has 3 aromatic heterocycles. The van der Waals surface area contributed by atoms with E-state index in [-0.39, 0.29) is 0 Å². The van der Waals surface area contributed by atoms with E-state index in [0.29, 0.717) is 5.92 Å². The molecule has 0 bridgehead atoms. The number of nitrogens with one attached hydrogen (secondary N) is 1. The summed E-state index contributed by atoms with van der Waals surface area (Å²) in [6.45, 7) is 2.25. The van der Waals surface area contributed by atoms with Crippen molar-refractivity contribution < 1.29 is 0 Å². The van der Waals surface area contributed by atoms with Crippen molar-refractivity contribution >= 4 is 22.5 Å². The Morgan fingerprint density at radius 3 is 2.95 bits per heavy atom. The van der Waals surface area contributed by atoms with Gasteiger partial charge in [0.2, 0.25) is 0 Å². The minimum atomic E-state index is 0.613. The molecule has 0 amide bonds. The Kier molecular flexibility index (Phi) is 3.92. The van der Waals surface area contributed by atoms with Crippen molar-refractivity contribution in [3.8, 4) is 11.3 Å². The molecule has 4 nitrogen and oxygen atoms in total. The van der Waals surface area contributed by atoms with Crippen LogP contribution in [0.2, 0.25) is 5.21 Å². The standard InChI is InChI=1S/C15H17AsN4/c1-2-11(5-6-16)12-3-4-15-17-9-14(20(15)10-12)13-7-18-19-8-13/h3-4,7-11H,2,5-6H2,1H3,(H,18,19). The van der Waals surface area contributed by atoms with Crippen molar-refractivity contribution in [1.82, 2.24) is 19.6 Å². The number of nitrogens with zero attached hydrogens (tertiary/aromatic N) is 3. The number of fused-ring (bicyclic) bond motifs is 1. The Morgan fingerprint density at radius 2 is 2.25 bits per heavy atom. The van der Waals surface area contributed by atoms with E-state index in [1.165, 1.54) is 18.4 Å². The molecular formula is C15H17AsN4. The van der Waals surface area contributed by atoms with Gasteiger partial charge < -0.3 is 0 Å². The van der Waals surface area contributed by atoms with Crippen LogP contribution >= 0.6 is 0 Å².